The molecule has 0 aliphatic carbocycles. The minimum absolute atomic E-state index is 0.513. The van der Waals surface area contributed by atoms with E-state index in [0.29, 0.717) is 17.9 Å². The summed E-state index contributed by atoms with van der Waals surface area (Å²) in [5.41, 5.74) is 2.84. The molecule has 1 N–H and O–H groups in total. The number of aliphatic hydroxyl groups excluding tert-OH is 1. The lowest BCUT2D eigenvalue weighted by atomic mass is 10.2. The van der Waals surface area contributed by atoms with Crippen LogP contribution in [0, 0.1) is 11.3 Å². The van der Waals surface area contributed by atoms with Crippen LogP contribution in [0.1, 0.15) is 5.56 Å². The molecule has 26 heavy (non-hydrogen) atoms. The first-order valence-electron chi connectivity index (χ1n) is 8.39. The number of rotatable bonds is 5. The van der Waals surface area contributed by atoms with Crippen LogP contribution in [0.5, 0.6) is 0 Å². The van der Waals surface area contributed by atoms with E-state index < -0.39 is 6.10 Å². The van der Waals surface area contributed by atoms with Gasteiger partial charge in [-0.2, -0.15) is 5.26 Å². The number of thioether (sulfide) groups is 1. The quantitative estimate of drug-likeness (QED) is 0.542. The summed E-state index contributed by atoms with van der Waals surface area (Å²) in [6, 6.07) is 22.1. The van der Waals surface area contributed by atoms with Gasteiger partial charge in [0.1, 0.15) is 0 Å². The van der Waals surface area contributed by atoms with Crippen LogP contribution in [0.25, 0.3) is 21.8 Å². The lowest BCUT2D eigenvalue weighted by Crippen LogP contribution is -2.18. The van der Waals surface area contributed by atoms with Gasteiger partial charge in [-0.15, -0.1) is 11.8 Å². The molecule has 2 aromatic carbocycles. The standard InChI is InChI=1S/C21H17N3OS/c22-12-15-9-10-23-21(11-15)26-14-16(25)13-24-19-7-3-1-5-17(19)18-6-2-4-8-20(18)24/h1-11,16,25H,13-14H2. The van der Waals surface area contributed by atoms with E-state index in [1.54, 1.807) is 18.3 Å². The second-order valence-electron chi connectivity index (χ2n) is 6.10. The molecule has 1 unspecified atom stereocenters. The van der Waals surface area contributed by atoms with Crippen LogP contribution in [0.3, 0.4) is 0 Å². The van der Waals surface area contributed by atoms with Crippen molar-refractivity contribution in [2.45, 2.75) is 17.7 Å². The molecule has 0 saturated carbocycles. The Labute approximate surface area is 155 Å². The average molecular weight is 359 g/mol. The van der Waals surface area contributed by atoms with Gasteiger partial charge in [0.25, 0.3) is 0 Å². The number of pyridine rings is 1. The fourth-order valence-electron chi connectivity index (χ4n) is 3.20. The van der Waals surface area contributed by atoms with Crippen molar-refractivity contribution in [3.63, 3.8) is 0 Å². The highest BCUT2D eigenvalue weighted by molar-refractivity contribution is 7.99. The Morgan fingerprint density at radius 3 is 2.35 bits per heavy atom. The molecule has 4 rings (SSSR count). The molecule has 4 nitrogen and oxygen atoms in total. The minimum atomic E-state index is -0.522. The maximum atomic E-state index is 10.6. The molecule has 1 atom stereocenters. The number of para-hydroxylation sites is 2. The molecule has 0 spiro atoms. The van der Waals surface area contributed by atoms with E-state index in [-0.39, 0.29) is 0 Å². The monoisotopic (exact) mass is 359 g/mol. The number of hydrogen-bond acceptors (Lipinski definition) is 4. The molecule has 0 fully saturated rings. The smallest absolute Gasteiger partial charge is 0.0993 e. The second-order valence-corrected chi connectivity index (χ2v) is 7.14. The molecular formula is C21H17N3OS. The Kier molecular flexibility index (Phi) is 4.61. The number of benzene rings is 2. The fraction of sp³-hybridized carbons (Fsp3) is 0.143. The number of nitriles is 1. The van der Waals surface area contributed by atoms with E-state index in [9.17, 15) is 5.11 Å². The van der Waals surface area contributed by atoms with E-state index >= 15 is 0 Å². The Morgan fingerprint density at radius 1 is 1.04 bits per heavy atom. The van der Waals surface area contributed by atoms with Crippen molar-refractivity contribution < 1.29 is 5.11 Å². The molecule has 5 heteroatoms. The third-order valence-corrected chi connectivity index (χ3v) is 5.43. The molecule has 0 aliphatic heterocycles. The molecule has 2 aromatic heterocycles. The molecule has 0 saturated heterocycles. The lowest BCUT2D eigenvalue weighted by Gasteiger charge is -2.13. The topological polar surface area (TPSA) is 61.8 Å². The predicted molar refractivity (Wildman–Crippen MR) is 105 cm³/mol. The van der Waals surface area contributed by atoms with Gasteiger partial charge < -0.3 is 9.67 Å². The molecule has 0 bridgehead atoms. The van der Waals surface area contributed by atoms with Crippen molar-refractivity contribution in [3.05, 3.63) is 72.4 Å². The average Bonchev–Trinajstić information content (AvgIpc) is 3.01. The largest absolute Gasteiger partial charge is 0.390 e. The zero-order chi connectivity index (χ0) is 17.9. The van der Waals surface area contributed by atoms with Crippen LogP contribution >= 0.6 is 11.8 Å². The van der Waals surface area contributed by atoms with E-state index in [1.165, 1.54) is 22.5 Å². The number of fused-ring (bicyclic) bond motifs is 3. The van der Waals surface area contributed by atoms with Crippen LogP contribution in [-0.4, -0.2) is 26.5 Å². The summed E-state index contributed by atoms with van der Waals surface area (Å²) < 4.78 is 2.18. The van der Waals surface area contributed by atoms with Gasteiger partial charge in [0.15, 0.2) is 0 Å². The number of hydrogen-bond donors (Lipinski definition) is 1. The van der Waals surface area contributed by atoms with Gasteiger partial charge in [-0.1, -0.05) is 36.4 Å². The molecule has 0 radical (unpaired) electrons. The Bertz CT molecular complexity index is 1060. The maximum Gasteiger partial charge on any atom is 0.0993 e. The zero-order valence-corrected chi connectivity index (χ0v) is 14.9. The first kappa shape index (κ1) is 16.6. The van der Waals surface area contributed by atoms with E-state index in [4.69, 9.17) is 5.26 Å². The summed E-state index contributed by atoms with van der Waals surface area (Å²) in [5, 5.41) is 22.7. The summed E-state index contributed by atoms with van der Waals surface area (Å²) in [5.74, 6) is 0.517. The molecule has 4 aromatic rings. The molecule has 128 valence electrons. The van der Waals surface area contributed by atoms with Crippen molar-refractivity contribution in [1.82, 2.24) is 9.55 Å². The van der Waals surface area contributed by atoms with Crippen molar-refractivity contribution in [2.75, 3.05) is 5.75 Å². The first-order valence-corrected chi connectivity index (χ1v) is 9.38. The highest BCUT2D eigenvalue weighted by Crippen LogP contribution is 2.29. The van der Waals surface area contributed by atoms with Crippen LogP contribution < -0.4 is 0 Å². The van der Waals surface area contributed by atoms with Gasteiger partial charge in [0, 0.05) is 40.3 Å². The zero-order valence-electron chi connectivity index (χ0n) is 14.0. The number of nitrogens with zero attached hydrogens (tertiary/aromatic N) is 3. The van der Waals surface area contributed by atoms with Crippen LogP contribution in [-0.2, 0) is 6.54 Å². The fourth-order valence-corrected chi connectivity index (χ4v) is 4.02. The van der Waals surface area contributed by atoms with Crippen LogP contribution in [0.4, 0.5) is 0 Å². The summed E-state index contributed by atoms with van der Waals surface area (Å²) in [4.78, 5) is 4.25. The van der Waals surface area contributed by atoms with Gasteiger partial charge in [-0.25, -0.2) is 4.98 Å². The molecule has 0 aliphatic rings. The highest BCUT2D eigenvalue weighted by Gasteiger charge is 2.13. The first-order chi connectivity index (χ1) is 12.8. The van der Waals surface area contributed by atoms with Gasteiger partial charge >= 0.3 is 0 Å². The Balaban J connectivity index is 1.57. The normalized spacial score (nSPS) is 12.3. The summed E-state index contributed by atoms with van der Waals surface area (Å²) in [6.45, 7) is 0.513. The SMILES string of the molecule is N#Cc1ccnc(SCC(O)Cn2c3ccccc3c3ccccc32)c1. The van der Waals surface area contributed by atoms with Crippen molar-refractivity contribution >= 4 is 33.6 Å². The summed E-state index contributed by atoms with van der Waals surface area (Å²) in [7, 11) is 0. The third-order valence-electron chi connectivity index (χ3n) is 4.36. The lowest BCUT2D eigenvalue weighted by molar-refractivity contribution is 0.181. The van der Waals surface area contributed by atoms with Gasteiger partial charge in [-0.05, 0) is 24.3 Å². The highest BCUT2D eigenvalue weighted by atomic mass is 32.2. The van der Waals surface area contributed by atoms with Crippen LogP contribution in [0.2, 0.25) is 0 Å². The number of aromatic nitrogens is 2. The van der Waals surface area contributed by atoms with E-state index in [1.807, 2.05) is 24.3 Å². The Hall–Kier alpha value is -2.81. The van der Waals surface area contributed by atoms with Crippen LogP contribution in [0.15, 0.2) is 71.9 Å². The third kappa shape index (κ3) is 3.17. The van der Waals surface area contributed by atoms with E-state index in [0.717, 1.165) is 16.1 Å². The predicted octanol–water partition coefficient (Wildman–Crippen LogP) is 4.21. The van der Waals surface area contributed by atoms with Crippen molar-refractivity contribution in [1.29, 1.82) is 5.26 Å². The van der Waals surface area contributed by atoms with Gasteiger partial charge in [0.2, 0.25) is 0 Å². The summed E-state index contributed by atoms with van der Waals surface area (Å²) >= 11 is 1.47. The number of aliphatic hydroxyl groups is 1. The summed E-state index contributed by atoms with van der Waals surface area (Å²) in [6.07, 6.45) is 1.10. The molecule has 0 amide bonds. The maximum absolute atomic E-state index is 10.6. The van der Waals surface area contributed by atoms with Crippen molar-refractivity contribution in [3.8, 4) is 6.07 Å². The van der Waals surface area contributed by atoms with Gasteiger partial charge in [0.05, 0.1) is 22.8 Å². The van der Waals surface area contributed by atoms with Crippen molar-refractivity contribution in [2.24, 2.45) is 0 Å². The minimum Gasteiger partial charge on any atom is -0.390 e. The van der Waals surface area contributed by atoms with E-state index in [2.05, 4.69) is 39.9 Å². The molecular weight excluding hydrogens is 342 g/mol. The second kappa shape index (κ2) is 7.20. The van der Waals surface area contributed by atoms with Gasteiger partial charge in [-0.3, -0.25) is 0 Å². The molecule has 2 heterocycles. The Morgan fingerprint density at radius 2 is 1.69 bits per heavy atom.